The van der Waals surface area contributed by atoms with Gasteiger partial charge in [-0.3, -0.25) is 0 Å². The second kappa shape index (κ2) is 14.7. The third-order valence-electron chi connectivity index (χ3n) is 13.7. The van der Waals surface area contributed by atoms with Crippen LogP contribution in [0.5, 0.6) is 0 Å². The molecule has 0 fully saturated rings. The first-order chi connectivity index (χ1) is 37.1. The number of anilines is 3. The van der Waals surface area contributed by atoms with E-state index in [1.165, 1.54) is 0 Å². The van der Waals surface area contributed by atoms with Crippen LogP contribution in [0, 0.1) is 0 Å². The molecule has 0 spiro atoms. The van der Waals surface area contributed by atoms with Crippen LogP contribution in [0.4, 0.5) is 17.1 Å². The topological polar surface area (TPSA) is 16.4 Å². The highest BCUT2D eigenvalue weighted by atomic mass is 16.3. The van der Waals surface area contributed by atoms with E-state index >= 15 is 0 Å². The minimum Gasteiger partial charge on any atom is -0.456 e. The summed E-state index contributed by atoms with van der Waals surface area (Å²) in [5.74, 6) is 0. The summed E-state index contributed by atoms with van der Waals surface area (Å²) in [6.45, 7) is -6.04. The van der Waals surface area contributed by atoms with E-state index in [2.05, 4.69) is 103 Å². The summed E-state index contributed by atoms with van der Waals surface area (Å²) in [5, 5.41) is 1.20. The van der Waals surface area contributed by atoms with Crippen molar-refractivity contribution in [1.82, 2.24) is 0 Å². The highest BCUT2D eigenvalue weighted by Crippen LogP contribution is 2.59. The molecular formula is C64H45NO. The molecule has 1 aromatic heterocycles. The van der Waals surface area contributed by atoms with Crippen LogP contribution >= 0.6 is 0 Å². The molecule has 0 saturated heterocycles. The molecule has 2 nitrogen and oxygen atoms in total. The largest absolute Gasteiger partial charge is 0.456 e. The lowest BCUT2D eigenvalue weighted by Gasteiger charge is -2.35. The molecule has 10 aromatic carbocycles. The third kappa shape index (κ3) is 5.55. The Morgan fingerprint density at radius 3 is 1.94 bits per heavy atom. The number of rotatable bonds is 7. The van der Waals surface area contributed by atoms with Crippen molar-refractivity contribution in [3.8, 4) is 44.5 Å². The van der Waals surface area contributed by atoms with E-state index in [-0.39, 0.29) is 28.8 Å². The molecule has 1 unspecified atom stereocenters. The number of furan rings is 1. The van der Waals surface area contributed by atoms with Gasteiger partial charge in [-0.25, -0.2) is 0 Å². The average Bonchev–Trinajstić information content (AvgIpc) is 4.22. The van der Waals surface area contributed by atoms with Crippen molar-refractivity contribution in [2.24, 2.45) is 0 Å². The van der Waals surface area contributed by atoms with Crippen molar-refractivity contribution < 1.29 is 19.5 Å². The minimum absolute atomic E-state index is 0.0388. The number of hydrogen-bond acceptors (Lipinski definition) is 2. The quantitative estimate of drug-likeness (QED) is 0.159. The highest BCUT2D eigenvalue weighted by Gasteiger charge is 2.47. The van der Waals surface area contributed by atoms with Gasteiger partial charge in [0.15, 0.2) is 0 Å². The smallest absolute Gasteiger partial charge is 0.137 e. The Bertz CT molecular complexity index is 4180. The fourth-order valence-electron chi connectivity index (χ4n) is 10.9. The molecule has 0 saturated carbocycles. The van der Waals surface area contributed by atoms with Crippen LogP contribution in [0.1, 0.15) is 62.2 Å². The maximum absolute atomic E-state index is 9.14. The van der Waals surface area contributed by atoms with E-state index < -0.39 is 42.7 Å². The van der Waals surface area contributed by atoms with Crippen LogP contribution in [-0.4, -0.2) is 0 Å². The van der Waals surface area contributed by atoms with Crippen LogP contribution in [0.3, 0.4) is 0 Å². The van der Waals surface area contributed by atoms with Crippen LogP contribution in [-0.2, 0) is 10.8 Å². The molecule has 0 aliphatic heterocycles. The van der Waals surface area contributed by atoms with E-state index in [1.54, 1.807) is 48.5 Å². The number of fused-ring (bicyclic) bond motifs is 9. The zero-order valence-corrected chi connectivity index (χ0v) is 35.5. The van der Waals surface area contributed by atoms with Gasteiger partial charge in [0.25, 0.3) is 0 Å². The lowest BCUT2D eigenvalue weighted by Crippen LogP contribution is -2.29. The molecule has 0 N–H and O–H groups in total. The molecule has 11 aromatic rings. The molecule has 1 atom stereocenters. The summed E-state index contributed by atoms with van der Waals surface area (Å²) in [6, 6.07) is 65.3. The van der Waals surface area contributed by atoms with Crippen LogP contribution in [0.2, 0.25) is 0 Å². The van der Waals surface area contributed by atoms with Gasteiger partial charge < -0.3 is 9.32 Å². The first-order valence-electron chi connectivity index (χ1n) is 27.6. The molecule has 1 heterocycles. The van der Waals surface area contributed by atoms with E-state index in [4.69, 9.17) is 19.5 Å². The van der Waals surface area contributed by atoms with Crippen molar-refractivity contribution in [3.63, 3.8) is 0 Å². The predicted octanol–water partition coefficient (Wildman–Crippen LogP) is 17.1. The minimum atomic E-state index is -3.02. The summed E-state index contributed by atoms with van der Waals surface area (Å²) >= 11 is 0. The molecule has 0 bridgehead atoms. The molecule has 13 rings (SSSR count). The van der Waals surface area contributed by atoms with E-state index in [0.29, 0.717) is 55.7 Å². The Kier molecular flexibility index (Phi) is 6.35. The van der Waals surface area contributed by atoms with Gasteiger partial charge in [-0.15, -0.1) is 0 Å². The SMILES string of the molecule is [2H]c1c([2H])c([2H])c(-c2ccc3oc4cccc(N(c5cccc(C6(c7ccccc7)c7ccccc7-c7c(-c8ccccc8)cccc76)c5)c5ccc6c(c5)C(C([2H])([2H])[2H])(C([2H])([2H])[2H])c5ccccc5-6)c4c3c2)c([2H])c1[2H]. The normalized spacial score (nSPS) is 18.1. The van der Waals surface area contributed by atoms with Gasteiger partial charge >= 0.3 is 0 Å². The fourth-order valence-corrected chi connectivity index (χ4v) is 10.9. The van der Waals surface area contributed by atoms with Gasteiger partial charge in [-0.2, -0.15) is 0 Å². The number of nitrogens with zero attached hydrogens (tertiary/aromatic N) is 1. The second-order valence-electron chi connectivity index (χ2n) is 17.1. The zero-order chi connectivity index (χ0) is 53.3. The molecular weight excluding hydrogens is 799 g/mol. The fraction of sp³-hybridized carbons (Fsp3) is 0.0625. The average molecular weight is 855 g/mol. The first kappa shape index (κ1) is 28.6. The Labute approximate surface area is 401 Å². The van der Waals surface area contributed by atoms with E-state index in [9.17, 15) is 0 Å². The summed E-state index contributed by atoms with van der Waals surface area (Å²) in [6.07, 6.45) is 0. The molecule has 2 aliphatic rings. The van der Waals surface area contributed by atoms with Gasteiger partial charge in [0.2, 0.25) is 0 Å². The predicted molar refractivity (Wildman–Crippen MR) is 274 cm³/mol. The summed E-state index contributed by atoms with van der Waals surface area (Å²) in [7, 11) is 0. The maximum atomic E-state index is 9.14. The van der Waals surface area contributed by atoms with Crippen molar-refractivity contribution in [2.75, 3.05) is 4.90 Å². The lowest BCUT2D eigenvalue weighted by molar-refractivity contribution is 0.660. The molecule has 66 heavy (non-hydrogen) atoms. The Balaban J connectivity index is 1.12. The first-order valence-corrected chi connectivity index (χ1v) is 22.1. The van der Waals surface area contributed by atoms with Gasteiger partial charge in [0, 0.05) is 30.4 Å². The van der Waals surface area contributed by atoms with Gasteiger partial charge in [0.05, 0.1) is 23.3 Å². The monoisotopic (exact) mass is 854 g/mol. The lowest BCUT2D eigenvalue weighted by atomic mass is 9.67. The van der Waals surface area contributed by atoms with Crippen LogP contribution in [0.25, 0.3) is 66.4 Å². The summed E-state index contributed by atoms with van der Waals surface area (Å²) in [4.78, 5) is 2.02. The zero-order valence-electron chi connectivity index (χ0n) is 46.5. The highest BCUT2D eigenvalue weighted by molar-refractivity contribution is 6.14. The van der Waals surface area contributed by atoms with Crippen molar-refractivity contribution in [3.05, 3.63) is 270 Å². The van der Waals surface area contributed by atoms with Gasteiger partial charge in [-0.1, -0.05) is 202 Å². The molecule has 312 valence electrons. The number of hydrogen-bond donors (Lipinski definition) is 0. The molecule has 2 heteroatoms. The summed E-state index contributed by atoms with van der Waals surface area (Å²) < 4.78 is 105. The second-order valence-corrected chi connectivity index (χ2v) is 17.1. The number of benzene rings is 10. The molecule has 2 aliphatic carbocycles. The Morgan fingerprint density at radius 2 is 1.11 bits per heavy atom. The van der Waals surface area contributed by atoms with E-state index in [1.807, 2.05) is 59.5 Å². The molecule has 0 amide bonds. The van der Waals surface area contributed by atoms with Gasteiger partial charge in [0.1, 0.15) is 11.2 Å². The Morgan fingerprint density at radius 1 is 0.439 bits per heavy atom. The molecule has 0 radical (unpaired) electrons. The van der Waals surface area contributed by atoms with Crippen molar-refractivity contribution >= 4 is 39.0 Å². The summed E-state index contributed by atoms with van der Waals surface area (Å²) in [5.41, 5.74) is 9.81. The van der Waals surface area contributed by atoms with Crippen LogP contribution < -0.4 is 4.90 Å². The van der Waals surface area contributed by atoms with E-state index in [0.717, 1.165) is 44.5 Å². The van der Waals surface area contributed by atoms with Crippen LogP contribution in [0.15, 0.2) is 241 Å². The third-order valence-corrected chi connectivity index (χ3v) is 13.7. The van der Waals surface area contributed by atoms with Crippen molar-refractivity contribution in [1.29, 1.82) is 0 Å². The maximum Gasteiger partial charge on any atom is 0.137 e. The standard InChI is InChI=1S/C64H45NO/c1-63(2)54-30-14-12-27-50(54)51-37-36-48(41-57(51)63)65(58-33-18-34-60-62(58)53-39-44(35-38-59(53)66-60)42-19-6-3-7-20-42)47-26-16-25-46(40-47)64(45-23-10-5-11-24-45)55-31-15-13-28-52(55)61-49(29-17-32-56(61)64)43-21-8-4-9-22-43/h3-41H,1-2H3/i1D3,2D3,3D,6D,7D,19D,20D. The Hall–Kier alpha value is -8.20. The van der Waals surface area contributed by atoms with Gasteiger partial charge in [-0.05, 0) is 126 Å². The van der Waals surface area contributed by atoms with Crippen molar-refractivity contribution in [2.45, 2.75) is 24.5 Å².